The summed E-state index contributed by atoms with van der Waals surface area (Å²) >= 11 is 0. The quantitative estimate of drug-likeness (QED) is 0.759. The lowest BCUT2D eigenvalue weighted by molar-refractivity contribution is 0.342. The number of rotatable bonds is 3. The Hall–Kier alpha value is -1.28. The topological polar surface area (TPSA) is 23.5 Å². The Morgan fingerprint density at radius 1 is 1.27 bits per heavy atom. The molecule has 0 aliphatic carbocycles. The molecule has 15 heavy (non-hydrogen) atoms. The number of aryl methyl sites for hydroxylation is 1. The number of aliphatic hydroxyl groups excluding tert-OH is 1. The van der Waals surface area contributed by atoms with Crippen molar-refractivity contribution < 1.29 is 5.11 Å². The SMILES string of the molecule is OC/C=C/CN1CCCc2ccccc21. The second-order valence-corrected chi connectivity index (χ2v) is 3.83. The van der Waals surface area contributed by atoms with E-state index in [1.54, 1.807) is 6.08 Å². The highest BCUT2D eigenvalue weighted by Crippen LogP contribution is 2.26. The van der Waals surface area contributed by atoms with E-state index in [0.29, 0.717) is 0 Å². The molecule has 1 heterocycles. The molecule has 0 spiro atoms. The van der Waals surface area contributed by atoms with Gasteiger partial charge in [-0.25, -0.2) is 0 Å². The molecule has 1 aliphatic heterocycles. The van der Waals surface area contributed by atoms with Gasteiger partial charge in [0.1, 0.15) is 0 Å². The normalized spacial score (nSPS) is 15.7. The van der Waals surface area contributed by atoms with Crippen molar-refractivity contribution in [2.24, 2.45) is 0 Å². The van der Waals surface area contributed by atoms with Crippen LogP contribution in [0.4, 0.5) is 5.69 Å². The minimum absolute atomic E-state index is 0.134. The summed E-state index contributed by atoms with van der Waals surface area (Å²) in [5.41, 5.74) is 2.80. The molecule has 2 nitrogen and oxygen atoms in total. The largest absolute Gasteiger partial charge is 0.392 e. The van der Waals surface area contributed by atoms with Gasteiger partial charge in [-0.15, -0.1) is 0 Å². The first-order valence-corrected chi connectivity index (χ1v) is 5.50. The highest BCUT2D eigenvalue weighted by Gasteiger charge is 2.14. The van der Waals surface area contributed by atoms with Crippen LogP contribution < -0.4 is 4.90 Å². The Morgan fingerprint density at radius 2 is 2.13 bits per heavy atom. The summed E-state index contributed by atoms with van der Waals surface area (Å²) in [5, 5.41) is 8.69. The standard InChI is InChI=1S/C13H17NO/c15-11-4-3-9-14-10-5-7-12-6-1-2-8-13(12)14/h1-4,6,8,15H,5,7,9-11H2/b4-3+. The zero-order valence-corrected chi connectivity index (χ0v) is 8.89. The molecule has 0 unspecified atom stereocenters. The maximum Gasteiger partial charge on any atom is 0.0613 e. The summed E-state index contributed by atoms with van der Waals surface area (Å²) in [6.07, 6.45) is 6.25. The smallest absolute Gasteiger partial charge is 0.0613 e. The van der Waals surface area contributed by atoms with Crippen molar-refractivity contribution in [2.45, 2.75) is 12.8 Å². The zero-order chi connectivity index (χ0) is 10.5. The summed E-state index contributed by atoms with van der Waals surface area (Å²) in [6, 6.07) is 8.58. The fourth-order valence-corrected chi connectivity index (χ4v) is 2.08. The molecule has 0 amide bonds. The van der Waals surface area contributed by atoms with Crippen molar-refractivity contribution in [3.8, 4) is 0 Å². The molecule has 0 aromatic heterocycles. The van der Waals surface area contributed by atoms with Crippen molar-refractivity contribution >= 4 is 5.69 Å². The molecule has 1 aromatic carbocycles. The van der Waals surface area contributed by atoms with Crippen LogP contribution in [0, 0.1) is 0 Å². The van der Waals surface area contributed by atoms with Gasteiger partial charge < -0.3 is 10.0 Å². The van der Waals surface area contributed by atoms with E-state index in [1.165, 1.54) is 24.1 Å². The summed E-state index contributed by atoms with van der Waals surface area (Å²) in [7, 11) is 0. The van der Waals surface area contributed by atoms with Crippen LogP contribution in [0.1, 0.15) is 12.0 Å². The zero-order valence-electron chi connectivity index (χ0n) is 8.89. The van der Waals surface area contributed by atoms with E-state index in [0.717, 1.165) is 13.1 Å². The van der Waals surface area contributed by atoms with Crippen LogP contribution in [0.15, 0.2) is 36.4 Å². The number of fused-ring (bicyclic) bond motifs is 1. The number of anilines is 1. The van der Waals surface area contributed by atoms with E-state index in [-0.39, 0.29) is 6.61 Å². The van der Waals surface area contributed by atoms with Crippen molar-refractivity contribution in [3.05, 3.63) is 42.0 Å². The van der Waals surface area contributed by atoms with Crippen molar-refractivity contribution in [1.82, 2.24) is 0 Å². The second-order valence-electron chi connectivity index (χ2n) is 3.83. The first-order chi connectivity index (χ1) is 7.42. The van der Waals surface area contributed by atoms with Gasteiger partial charge in [0, 0.05) is 18.8 Å². The highest BCUT2D eigenvalue weighted by atomic mass is 16.2. The van der Waals surface area contributed by atoms with E-state index >= 15 is 0 Å². The van der Waals surface area contributed by atoms with Crippen molar-refractivity contribution in [3.63, 3.8) is 0 Å². The number of nitrogens with zero attached hydrogens (tertiary/aromatic N) is 1. The van der Waals surface area contributed by atoms with Crippen molar-refractivity contribution in [1.29, 1.82) is 0 Å². The Labute approximate surface area is 90.8 Å². The molecule has 0 fully saturated rings. The van der Waals surface area contributed by atoms with Crippen LogP contribution in [0.5, 0.6) is 0 Å². The lowest BCUT2D eigenvalue weighted by Gasteiger charge is -2.30. The van der Waals surface area contributed by atoms with Crippen LogP contribution in [-0.2, 0) is 6.42 Å². The predicted octanol–water partition coefficient (Wildman–Crippen LogP) is 1.99. The third kappa shape index (κ3) is 2.39. The number of para-hydroxylation sites is 1. The van der Waals surface area contributed by atoms with Gasteiger partial charge in [0.05, 0.1) is 6.61 Å². The third-order valence-corrected chi connectivity index (χ3v) is 2.80. The Bertz CT molecular complexity index is 346. The second kappa shape index (κ2) is 4.99. The van der Waals surface area contributed by atoms with Gasteiger partial charge >= 0.3 is 0 Å². The average molecular weight is 203 g/mol. The molecule has 0 atom stereocenters. The molecule has 0 bridgehead atoms. The van der Waals surface area contributed by atoms with Crippen LogP contribution in [0.3, 0.4) is 0 Å². The maximum absolute atomic E-state index is 8.69. The molecule has 1 aliphatic rings. The highest BCUT2D eigenvalue weighted by molar-refractivity contribution is 5.55. The van der Waals surface area contributed by atoms with Gasteiger partial charge in [-0.3, -0.25) is 0 Å². The van der Waals surface area contributed by atoms with Crippen LogP contribution in [0.25, 0.3) is 0 Å². The lowest BCUT2D eigenvalue weighted by Crippen LogP contribution is -2.29. The molecule has 1 N–H and O–H groups in total. The van der Waals surface area contributed by atoms with Crippen LogP contribution in [0.2, 0.25) is 0 Å². The molecular weight excluding hydrogens is 186 g/mol. The monoisotopic (exact) mass is 203 g/mol. The molecule has 0 saturated heterocycles. The number of aliphatic hydroxyl groups is 1. The summed E-state index contributed by atoms with van der Waals surface area (Å²) in [6.45, 7) is 2.15. The maximum atomic E-state index is 8.69. The lowest BCUT2D eigenvalue weighted by atomic mass is 10.0. The Kier molecular flexibility index (Phi) is 3.41. The van der Waals surface area contributed by atoms with Gasteiger partial charge in [-0.2, -0.15) is 0 Å². The van der Waals surface area contributed by atoms with Gasteiger partial charge in [0.2, 0.25) is 0 Å². The molecule has 2 rings (SSSR count). The molecular formula is C13H17NO. The first-order valence-electron chi connectivity index (χ1n) is 5.50. The summed E-state index contributed by atoms with van der Waals surface area (Å²) < 4.78 is 0. The van der Waals surface area contributed by atoms with Gasteiger partial charge in [0.25, 0.3) is 0 Å². The number of hydrogen-bond donors (Lipinski definition) is 1. The fourth-order valence-electron chi connectivity index (χ4n) is 2.08. The fraction of sp³-hybridized carbons (Fsp3) is 0.385. The van der Waals surface area contributed by atoms with Gasteiger partial charge in [-0.1, -0.05) is 30.4 Å². The molecule has 80 valence electrons. The Balaban J connectivity index is 2.11. The predicted molar refractivity (Wildman–Crippen MR) is 63.2 cm³/mol. The van der Waals surface area contributed by atoms with E-state index in [4.69, 9.17) is 5.11 Å². The minimum Gasteiger partial charge on any atom is -0.392 e. The number of hydrogen-bond acceptors (Lipinski definition) is 2. The summed E-state index contributed by atoms with van der Waals surface area (Å²) in [5.74, 6) is 0. The summed E-state index contributed by atoms with van der Waals surface area (Å²) in [4.78, 5) is 2.37. The minimum atomic E-state index is 0.134. The molecule has 0 saturated carbocycles. The van der Waals surface area contributed by atoms with E-state index in [9.17, 15) is 0 Å². The van der Waals surface area contributed by atoms with Gasteiger partial charge in [-0.05, 0) is 24.5 Å². The average Bonchev–Trinajstić information content (AvgIpc) is 2.30. The first kappa shape index (κ1) is 10.2. The molecule has 2 heteroatoms. The number of benzene rings is 1. The van der Waals surface area contributed by atoms with Crippen molar-refractivity contribution in [2.75, 3.05) is 24.6 Å². The van der Waals surface area contributed by atoms with E-state index < -0.39 is 0 Å². The van der Waals surface area contributed by atoms with E-state index in [2.05, 4.69) is 29.2 Å². The molecule has 1 aromatic rings. The third-order valence-electron chi connectivity index (χ3n) is 2.80. The Morgan fingerprint density at radius 3 is 3.00 bits per heavy atom. The van der Waals surface area contributed by atoms with E-state index in [1.807, 2.05) is 6.08 Å². The molecule has 0 radical (unpaired) electrons. The van der Waals surface area contributed by atoms with Gasteiger partial charge in [0.15, 0.2) is 0 Å². The van der Waals surface area contributed by atoms with Crippen LogP contribution >= 0.6 is 0 Å². The van der Waals surface area contributed by atoms with Crippen LogP contribution in [-0.4, -0.2) is 24.8 Å².